The van der Waals surface area contributed by atoms with E-state index in [1.165, 1.54) is 0 Å². The van der Waals surface area contributed by atoms with Crippen LogP contribution < -0.4 is 5.73 Å². The summed E-state index contributed by atoms with van der Waals surface area (Å²) in [7, 11) is 0. The molecule has 0 spiro atoms. The lowest BCUT2D eigenvalue weighted by molar-refractivity contribution is 0.457. The minimum absolute atomic E-state index is 0. The lowest BCUT2D eigenvalue weighted by atomic mass is 9.93. The second kappa shape index (κ2) is 6.37. The number of hydrogen-bond donors (Lipinski definition) is 1. The van der Waals surface area contributed by atoms with E-state index >= 15 is 0 Å². The molecular weight excluding hydrogens is 229 g/mol. The summed E-state index contributed by atoms with van der Waals surface area (Å²) in [6.45, 7) is 6.32. The van der Waals surface area contributed by atoms with E-state index in [0.29, 0.717) is 5.92 Å². The van der Waals surface area contributed by atoms with Crippen LogP contribution in [0.3, 0.4) is 0 Å². The monoisotopic (exact) mass is 247 g/mol. The van der Waals surface area contributed by atoms with E-state index in [-0.39, 0.29) is 18.4 Å². The largest absolute Gasteiger partial charge is 0.324 e. The molecule has 0 heterocycles. The lowest BCUT2D eigenvalue weighted by Gasteiger charge is -2.19. The first-order valence-electron chi connectivity index (χ1n) is 5.08. The standard InChI is InChI=1S/C12H18ClN.ClH/c1-4-8(2)12(14)10-6-5-9(3)11(13)7-10;/h5-8,12H,4,14H2,1-3H3;1H/t8?,12-;/m0./s1. The van der Waals surface area contributed by atoms with Crippen LogP contribution in [0.2, 0.25) is 5.02 Å². The van der Waals surface area contributed by atoms with Crippen LogP contribution in [-0.2, 0) is 0 Å². The molecule has 0 aliphatic heterocycles. The van der Waals surface area contributed by atoms with Gasteiger partial charge >= 0.3 is 0 Å². The highest BCUT2D eigenvalue weighted by molar-refractivity contribution is 6.31. The van der Waals surface area contributed by atoms with Gasteiger partial charge in [0.1, 0.15) is 0 Å². The third-order valence-corrected chi connectivity index (χ3v) is 3.24. The van der Waals surface area contributed by atoms with Crippen molar-refractivity contribution in [3.8, 4) is 0 Å². The minimum Gasteiger partial charge on any atom is -0.324 e. The molecule has 0 aliphatic carbocycles. The van der Waals surface area contributed by atoms with Crippen molar-refractivity contribution in [1.29, 1.82) is 0 Å². The van der Waals surface area contributed by atoms with Crippen LogP contribution in [-0.4, -0.2) is 0 Å². The van der Waals surface area contributed by atoms with Gasteiger partial charge < -0.3 is 5.73 Å². The van der Waals surface area contributed by atoms with Crippen LogP contribution in [0.1, 0.15) is 37.4 Å². The van der Waals surface area contributed by atoms with Crippen LogP contribution >= 0.6 is 24.0 Å². The summed E-state index contributed by atoms with van der Waals surface area (Å²) in [5.41, 5.74) is 8.35. The SMILES string of the molecule is CCC(C)[C@H](N)c1ccc(C)c(Cl)c1.Cl. The summed E-state index contributed by atoms with van der Waals surface area (Å²) in [5, 5.41) is 0.807. The van der Waals surface area contributed by atoms with E-state index in [0.717, 1.165) is 22.6 Å². The number of aryl methyl sites for hydroxylation is 1. The summed E-state index contributed by atoms with van der Waals surface area (Å²) in [6, 6.07) is 6.17. The number of rotatable bonds is 3. The molecule has 1 aromatic carbocycles. The molecule has 1 nitrogen and oxygen atoms in total. The zero-order valence-corrected chi connectivity index (χ0v) is 11.0. The zero-order valence-electron chi connectivity index (χ0n) is 9.46. The molecule has 0 saturated carbocycles. The van der Waals surface area contributed by atoms with Crippen molar-refractivity contribution in [2.75, 3.05) is 0 Å². The first kappa shape index (κ1) is 14.8. The first-order valence-corrected chi connectivity index (χ1v) is 5.45. The summed E-state index contributed by atoms with van der Waals surface area (Å²) in [6.07, 6.45) is 1.09. The Morgan fingerprint density at radius 3 is 2.47 bits per heavy atom. The number of benzene rings is 1. The topological polar surface area (TPSA) is 26.0 Å². The number of hydrogen-bond acceptors (Lipinski definition) is 1. The van der Waals surface area contributed by atoms with E-state index < -0.39 is 0 Å². The van der Waals surface area contributed by atoms with Crippen LogP contribution in [0, 0.1) is 12.8 Å². The molecular formula is C12H19Cl2N. The van der Waals surface area contributed by atoms with Gasteiger partial charge in [0.25, 0.3) is 0 Å². The van der Waals surface area contributed by atoms with Crippen molar-refractivity contribution in [2.45, 2.75) is 33.2 Å². The van der Waals surface area contributed by atoms with Gasteiger partial charge in [0.2, 0.25) is 0 Å². The van der Waals surface area contributed by atoms with E-state index in [1.807, 2.05) is 19.1 Å². The second-order valence-corrected chi connectivity index (χ2v) is 4.33. The average molecular weight is 248 g/mol. The molecule has 0 aliphatic rings. The van der Waals surface area contributed by atoms with E-state index in [2.05, 4.69) is 19.9 Å². The molecule has 0 fully saturated rings. The number of halogens is 2. The fourth-order valence-electron chi connectivity index (χ4n) is 1.40. The van der Waals surface area contributed by atoms with Gasteiger partial charge in [-0.05, 0) is 30.0 Å². The van der Waals surface area contributed by atoms with Crippen LogP contribution in [0.5, 0.6) is 0 Å². The summed E-state index contributed by atoms with van der Waals surface area (Å²) >= 11 is 6.05. The molecule has 1 aromatic rings. The summed E-state index contributed by atoms with van der Waals surface area (Å²) < 4.78 is 0. The first-order chi connectivity index (χ1) is 6.56. The molecule has 2 N–H and O–H groups in total. The molecule has 0 bridgehead atoms. The Kier molecular flexibility index (Phi) is 6.26. The average Bonchev–Trinajstić information content (AvgIpc) is 2.20. The van der Waals surface area contributed by atoms with Gasteiger partial charge in [-0.3, -0.25) is 0 Å². The molecule has 0 saturated heterocycles. The quantitative estimate of drug-likeness (QED) is 0.855. The van der Waals surface area contributed by atoms with Gasteiger partial charge in [0.15, 0.2) is 0 Å². The maximum atomic E-state index is 6.11. The molecule has 1 rings (SSSR count). The third-order valence-electron chi connectivity index (χ3n) is 2.84. The zero-order chi connectivity index (χ0) is 10.7. The highest BCUT2D eigenvalue weighted by Crippen LogP contribution is 2.25. The molecule has 86 valence electrons. The Bertz CT molecular complexity index is 312. The fourth-order valence-corrected chi connectivity index (χ4v) is 1.59. The van der Waals surface area contributed by atoms with Crippen molar-refractivity contribution in [1.82, 2.24) is 0 Å². The van der Waals surface area contributed by atoms with Crippen molar-refractivity contribution >= 4 is 24.0 Å². The van der Waals surface area contributed by atoms with Crippen molar-refractivity contribution in [3.05, 3.63) is 34.3 Å². The predicted octanol–water partition coefficient (Wildman–Crippen LogP) is 4.12. The Morgan fingerprint density at radius 1 is 1.40 bits per heavy atom. The van der Waals surface area contributed by atoms with Gasteiger partial charge in [-0.25, -0.2) is 0 Å². The predicted molar refractivity (Wildman–Crippen MR) is 69.8 cm³/mol. The van der Waals surface area contributed by atoms with Gasteiger partial charge in [-0.15, -0.1) is 12.4 Å². The van der Waals surface area contributed by atoms with E-state index in [9.17, 15) is 0 Å². The maximum Gasteiger partial charge on any atom is 0.0438 e. The number of nitrogens with two attached hydrogens (primary N) is 1. The minimum atomic E-state index is 0. The van der Waals surface area contributed by atoms with Gasteiger partial charge in [0, 0.05) is 11.1 Å². The van der Waals surface area contributed by atoms with Crippen molar-refractivity contribution in [2.24, 2.45) is 11.7 Å². The van der Waals surface area contributed by atoms with E-state index in [4.69, 9.17) is 17.3 Å². The normalized spacial score (nSPS) is 14.2. The highest BCUT2D eigenvalue weighted by Gasteiger charge is 2.13. The Morgan fingerprint density at radius 2 is 2.00 bits per heavy atom. The van der Waals surface area contributed by atoms with Crippen molar-refractivity contribution in [3.63, 3.8) is 0 Å². The van der Waals surface area contributed by atoms with Crippen LogP contribution in [0.25, 0.3) is 0 Å². The molecule has 1 unspecified atom stereocenters. The van der Waals surface area contributed by atoms with Gasteiger partial charge in [-0.1, -0.05) is 44.0 Å². The van der Waals surface area contributed by atoms with Crippen LogP contribution in [0.4, 0.5) is 0 Å². The summed E-state index contributed by atoms with van der Waals surface area (Å²) in [4.78, 5) is 0. The fraction of sp³-hybridized carbons (Fsp3) is 0.500. The molecule has 0 amide bonds. The maximum absolute atomic E-state index is 6.11. The van der Waals surface area contributed by atoms with Gasteiger partial charge in [-0.2, -0.15) is 0 Å². The Hall–Kier alpha value is -0.240. The summed E-state index contributed by atoms with van der Waals surface area (Å²) in [5.74, 6) is 0.494. The molecule has 3 heteroatoms. The Labute approximate surface area is 103 Å². The Balaban J connectivity index is 0.00000196. The highest BCUT2D eigenvalue weighted by atomic mass is 35.5. The second-order valence-electron chi connectivity index (χ2n) is 3.92. The van der Waals surface area contributed by atoms with Crippen molar-refractivity contribution < 1.29 is 0 Å². The van der Waals surface area contributed by atoms with Gasteiger partial charge in [0.05, 0.1) is 0 Å². The third kappa shape index (κ3) is 3.67. The lowest BCUT2D eigenvalue weighted by Crippen LogP contribution is -2.18. The van der Waals surface area contributed by atoms with Crippen LogP contribution in [0.15, 0.2) is 18.2 Å². The molecule has 0 aromatic heterocycles. The smallest absolute Gasteiger partial charge is 0.0438 e. The molecule has 0 radical (unpaired) electrons. The molecule has 15 heavy (non-hydrogen) atoms. The van der Waals surface area contributed by atoms with E-state index in [1.54, 1.807) is 0 Å². The molecule has 2 atom stereocenters.